The Kier molecular flexibility index (Phi) is 5.52. The normalized spacial score (nSPS) is 36.5. The van der Waals surface area contributed by atoms with Crippen molar-refractivity contribution in [2.45, 2.75) is 77.7 Å². The van der Waals surface area contributed by atoms with Gasteiger partial charge >= 0.3 is 5.97 Å². The van der Waals surface area contributed by atoms with Crippen molar-refractivity contribution >= 4 is 17.3 Å². The maximum absolute atomic E-state index is 12.8. The molecule has 1 aromatic rings. The van der Waals surface area contributed by atoms with Crippen molar-refractivity contribution in [2.24, 2.45) is 28.6 Å². The number of non-ortho nitro benzene ring substituents is 2. The Morgan fingerprint density at radius 3 is 2.35 bits per heavy atom. The van der Waals surface area contributed by atoms with Crippen molar-refractivity contribution in [1.82, 2.24) is 0 Å². The van der Waals surface area contributed by atoms with Crippen LogP contribution in [0.3, 0.4) is 0 Å². The highest BCUT2D eigenvalue weighted by atomic mass is 16.6. The van der Waals surface area contributed by atoms with Crippen LogP contribution in [0.2, 0.25) is 0 Å². The first-order valence-corrected chi connectivity index (χ1v) is 12.4. The van der Waals surface area contributed by atoms with E-state index >= 15 is 0 Å². The summed E-state index contributed by atoms with van der Waals surface area (Å²) in [5.41, 5.74) is 0.893. The average molecular weight is 469 g/mol. The topological polar surface area (TPSA) is 113 Å². The largest absolute Gasteiger partial charge is 0.458 e. The van der Waals surface area contributed by atoms with E-state index in [2.05, 4.69) is 19.9 Å². The highest BCUT2D eigenvalue weighted by Gasteiger charge is 2.56. The molecule has 3 saturated carbocycles. The maximum atomic E-state index is 12.8. The highest BCUT2D eigenvalue weighted by Crippen LogP contribution is 2.64. The third-order valence-electron chi connectivity index (χ3n) is 9.67. The van der Waals surface area contributed by atoms with Crippen LogP contribution in [-0.2, 0) is 4.74 Å². The standard InChI is InChI=1S/C26H32N2O6/c1-25-9-3-4-22(25)21-6-5-17-14-20(7-11-26(17,2)23(21)8-10-25)34-24(29)16-12-18(27(30)31)15-19(13-16)28(32)33/h5,12-13,15,20-23H,3-4,6-11,14H2,1-2H3/t20-,21-,22-,23-,25-,26+/m1/s1. The molecule has 8 heteroatoms. The van der Waals surface area contributed by atoms with Crippen molar-refractivity contribution in [2.75, 3.05) is 0 Å². The Morgan fingerprint density at radius 1 is 0.971 bits per heavy atom. The van der Waals surface area contributed by atoms with Crippen LogP contribution in [0.25, 0.3) is 0 Å². The summed E-state index contributed by atoms with van der Waals surface area (Å²) in [7, 11) is 0. The van der Waals surface area contributed by atoms with E-state index in [1.165, 1.54) is 37.7 Å². The summed E-state index contributed by atoms with van der Waals surface area (Å²) < 4.78 is 5.74. The number of carbonyl (C=O) groups is 1. The number of hydrogen-bond donors (Lipinski definition) is 0. The maximum Gasteiger partial charge on any atom is 0.338 e. The molecule has 0 bridgehead atoms. The monoisotopic (exact) mass is 468 g/mol. The third kappa shape index (κ3) is 3.71. The van der Waals surface area contributed by atoms with Crippen LogP contribution in [0.15, 0.2) is 29.8 Å². The van der Waals surface area contributed by atoms with E-state index in [-0.39, 0.29) is 17.1 Å². The van der Waals surface area contributed by atoms with Gasteiger partial charge in [0.25, 0.3) is 11.4 Å². The van der Waals surface area contributed by atoms with Gasteiger partial charge in [-0.25, -0.2) is 4.79 Å². The molecule has 182 valence electrons. The smallest absolute Gasteiger partial charge is 0.338 e. The molecule has 3 fully saturated rings. The number of rotatable bonds is 4. The van der Waals surface area contributed by atoms with Crippen LogP contribution in [0.1, 0.15) is 82.0 Å². The van der Waals surface area contributed by atoms with Crippen molar-refractivity contribution in [1.29, 1.82) is 0 Å². The van der Waals surface area contributed by atoms with Gasteiger partial charge in [-0.2, -0.15) is 0 Å². The summed E-state index contributed by atoms with van der Waals surface area (Å²) in [6.45, 7) is 4.90. The summed E-state index contributed by atoms with van der Waals surface area (Å²) in [6.07, 6.45) is 12.2. The zero-order chi connectivity index (χ0) is 24.3. The zero-order valence-electron chi connectivity index (χ0n) is 19.8. The molecule has 0 N–H and O–H groups in total. The van der Waals surface area contributed by atoms with E-state index in [0.29, 0.717) is 17.8 Å². The van der Waals surface area contributed by atoms with Crippen molar-refractivity contribution < 1.29 is 19.4 Å². The molecule has 0 radical (unpaired) electrons. The summed E-state index contributed by atoms with van der Waals surface area (Å²) in [5.74, 6) is 1.51. The molecule has 0 saturated heterocycles. The SMILES string of the molecule is C[C@]12CCC[C@@H]1[C@H]1CC=C3C[C@H](OC(=O)c4cc([N+](=O)[O-])cc([N+](=O)[O-])c4)CC[C@]3(C)[C@@H]1CC2. The fraction of sp³-hybridized carbons (Fsp3) is 0.654. The lowest BCUT2D eigenvalue weighted by Gasteiger charge is -2.57. The van der Waals surface area contributed by atoms with E-state index in [0.717, 1.165) is 49.3 Å². The number of benzene rings is 1. The highest BCUT2D eigenvalue weighted by molar-refractivity contribution is 5.91. The lowest BCUT2D eigenvalue weighted by molar-refractivity contribution is -0.394. The van der Waals surface area contributed by atoms with Crippen molar-refractivity contribution in [3.63, 3.8) is 0 Å². The minimum atomic E-state index is -0.742. The Bertz CT molecular complexity index is 1050. The first kappa shape index (κ1) is 23.0. The number of fused-ring (bicyclic) bond motifs is 5. The van der Waals surface area contributed by atoms with E-state index < -0.39 is 27.2 Å². The van der Waals surface area contributed by atoms with Gasteiger partial charge in [0.15, 0.2) is 0 Å². The molecule has 6 atom stereocenters. The van der Waals surface area contributed by atoms with Gasteiger partial charge in [0.2, 0.25) is 0 Å². The van der Waals surface area contributed by atoms with Crippen LogP contribution in [-0.4, -0.2) is 21.9 Å². The molecule has 1 aromatic carbocycles. The minimum absolute atomic E-state index is 0.139. The van der Waals surface area contributed by atoms with Crippen LogP contribution < -0.4 is 0 Å². The number of ether oxygens (including phenoxy) is 1. The Balaban J connectivity index is 1.32. The van der Waals surface area contributed by atoms with Crippen LogP contribution >= 0.6 is 0 Å². The number of nitro benzene ring substituents is 2. The van der Waals surface area contributed by atoms with E-state index in [1.807, 2.05) is 0 Å². The quantitative estimate of drug-likeness (QED) is 0.219. The Labute approximate surface area is 199 Å². The van der Waals surface area contributed by atoms with Crippen LogP contribution in [0, 0.1) is 48.8 Å². The molecule has 0 amide bonds. The number of esters is 1. The van der Waals surface area contributed by atoms with Gasteiger partial charge in [-0.1, -0.05) is 31.9 Å². The van der Waals surface area contributed by atoms with Gasteiger partial charge < -0.3 is 4.74 Å². The van der Waals surface area contributed by atoms with E-state index in [1.54, 1.807) is 0 Å². The number of nitro groups is 2. The fourth-order valence-corrected chi connectivity index (χ4v) is 7.86. The van der Waals surface area contributed by atoms with Gasteiger partial charge in [-0.15, -0.1) is 0 Å². The summed E-state index contributed by atoms with van der Waals surface area (Å²) in [4.78, 5) is 33.7. The molecular formula is C26H32N2O6. The number of nitrogens with zero attached hydrogens (tertiary/aromatic N) is 2. The summed E-state index contributed by atoms with van der Waals surface area (Å²) >= 11 is 0. The summed E-state index contributed by atoms with van der Waals surface area (Å²) in [6, 6.07) is 2.95. The second-order valence-electron chi connectivity index (χ2n) is 11.4. The lowest BCUT2D eigenvalue weighted by atomic mass is 9.48. The molecule has 5 rings (SSSR count). The van der Waals surface area contributed by atoms with Crippen LogP contribution in [0.4, 0.5) is 11.4 Å². The molecule has 34 heavy (non-hydrogen) atoms. The molecule has 4 aliphatic carbocycles. The number of allylic oxidation sites excluding steroid dienone is 1. The molecule has 0 spiro atoms. The third-order valence-corrected chi connectivity index (χ3v) is 9.67. The molecular weight excluding hydrogens is 436 g/mol. The number of carbonyl (C=O) groups excluding carboxylic acids is 1. The van der Waals surface area contributed by atoms with E-state index in [9.17, 15) is 25.0 Å². The van der Waals surface area contributed by atoms with Gasteiger partial charge in [-0.05, 0) is 73.5 Å². The zero-order valence-corrected chi connectivity index (χ0v) is 19.8. The average Bonchev–Trinajstić information content (AvgIpc) is 3.20. The first-order chi connectivity index (χ1) is 16.1. The molecule has 0 aromatic heterocycles. The van der Waals surface area contributed by atoms with E-state index in [4.69, 9.17) is 4.74 Å². The first-order valence-electron chi connectivity index (χ1n) is 12.4. The van der Waals surface area contributed by atoms with Crippen LogP contribution in [0.5, 0.6) is 0 Å². The predicted octanol–water partition coefficient (Wildman–Crippen LogP) is 6.38. The lowest BCUT2D eigenvalue weighted by Crippen LogP contribution is -2.49. The second kappa shape index (κ2) is 8.17. The number of hydrogen-bond acceptors (Lipinski definition) is 6. The molecule has 0 heterocycles. The molecule has 8 nitrogen and oxygen atoms in total. The van der Waals surface area contributed by atoms with Gasteiger partial charge in [0, 0.05) is 18.6 Å². The van der Waals surface area contributed by atoms with Gasteiger partial charge in [0.05, 0.1) is 21.5 Å². The van der Waals surface area contributed by atoms with Gasteiger partial charge in [-0.3, -0.25) is 20.2 Å². The van der Waals surface area contributed by atoms with Gasteiger partial charge in [0.1, 0.15) is 6.10 Å². The fourth-order valence-electron chi connectivity index (χ4n) is 7.86. The molecule has 0 unspecified atom stereocenters. The predicted molar refractivity (Wildman–Crippen MR) is 125 cm³/mol. The molecule has 0 aliphatic heterocycles. The van der Waals surface area contributed by atoms with Crippen molar-refractivity contribution in [3.05, 3.63) is 55.6 Å². The Morgan fingerprint density at radius 2 is 1.68 bits per heavy atom. The Hall–Kier alpha value is -2.77. The van der Waals surface area contributed by atoms with Crippen molar-refractivity contribution in [3.8, 4) is 0 Å². The minimum Gasteiger partial charge on any atom is -0.458 e. The second-order valence-corrected chi connectivity index (χ2v) is 11.4. The summed E-state index contributed by atoms with van der Waals surface area (Å²) in [5, 5.41) is 22.3. The molecule has 4 aliphatic rings.